The van der Waals surface area contributed by atoms with Gasteiger partial charge in [0.25, 0.3) is 8.32 Å². The predicted molar refractivity (Wildman–Crippen MR) is 117 cm³/mol. The molecule has 0 spiro atoms. The summed E-state index contributed by atoms with van der Waals surface area (Å²) in [5, 5.41) is 1.28. The summed E-state index contributed by atoms with van der Waals surface area (Å²) in [5.74, 6) is -6.58. The lowest BCUT2D eigenvalue weighted by atomic mass is 9.85. The van der Waals surface area contributed by atoms with Gasteiger partial charge in [-0.1, -0.05) is 87.5 Å². The van der Waals surface area contributed by atoms with Gasteiger partial charge in [-0.3, -0.25) is 9.59 Å². The van der Waals surface area contributed by atoms with Crippen molar-refractivity contribution in [2.24, 2.45) is 5.41 Å². The minimum absolute atomic E-state index is 0.478. The van der Waals surface area contributed by atoms with Crippen molar-refractivity contribution in [3.63, 3.8) is 0 Å². The van der Waals surface area contributed by atoms with Crippen LogP contribution < -0.4 is 10.4 Å². The van der Waals surface area contributed by atoms with Gasteiger partial charge in [-0.25, -0.2) is 0 Å². The predicted octanol–water partition coefficient (Wildman–Crippen LogP) is 3.50. The number of carbonyl (C=O) groups is 2. The van der Waals surface area contributed by atoms with Crippen LogP contribution in [0, 0.1) is 5.41 Å². The molecule has 0 saturated carbocycles. The van der Waals surface area contributed by atoms with Gasteiger partial charge in [0, 0.05) is 0 Å². The van der Waals surface area contributed by atoms with Crippen LogP contribution in [-0.2, 0) is 18.8 Å². The largest absolute Gasteiger partial charge is 0.468 e. The third kappa shape index (κ3) is 3.55. The lowest BCUT2D eigenvalue weighted by Gasteiger charge is -2.45. The van der Waals surface area contributed by atoms with Gasteiger partial charge in [0.1, 0.15) is 0 Å². The van der Waals surface area contributed by atoms with Crippen LogP contribution in [0.1, 0.15) is 20.8 Å². The highest BCUT2D eigenvalue weighted by molar-refractivity contribution is 6.99. The van der Waals surface area contributed by atoms with Crippen LogP contribution in [0.4, 0.5) is 8.78 Å². The van der Waals surface area contributed by atoms with Gasteiger partial charge in [0.05, 0.1) is 13.7 Å². The summed E-state index contributed by atoms with van der Waals surface area (Å²) in [6.07, 6.45) is 1.67. The lowest BCUT2D eigenvalue weighted by molar-refractivity contribution is -0.179. The number of esters is 1. The van der Waals surface area contributed by atoms with Crippen molar-refractivity contribution in [2.75, 3.05) is 13.7 Å². The van der Waals surface area contributed by atoms with E-state index in [-0.39, 0.29) is 0 Å². The van der Waals surface area contributed by atoms with Crippen LogP contribution in [0.5, 0.6) is 0 Å². The van der Waals surface area contributed by atoms with Crippen molar-refractivity contribution in [1.82, 2.24) is 0 Å². The molecule has 0 aromatic heterocycles. The highest BCUT2D eigenvalue weighted by Crippen LogP contribution is 2.47. The van der Waals surface area contributed by atoms with E-state index in [0.717, 1.165) is 29.6 Å². The molecular formula is C24H26F2O4Si. The standard InChI is InChI=1S/C24H26F2O4Si/c1-22(2,3)31(18-11-7-5-8-12-18,19-13-9-6-10-14-19)30-17-23(21(28)29-4)16-15-20(27)24(23,25)26/h5-16H,17H2,1-4H3/t23-/m0/s1. The topological polar surface area (TPSA) is 52.6 Å². The Morgan fingerprint density at radius 2 is 1.45 bits per heavy atom. The zero-order valence-electron chi connectivity index (χ0n) is 18.0. The molecule has 0 amide bonds. The molecule has 0 aliphatic heterocycles. The van der Waals surface area contributed by atoms with Gasteiger partial charge in [-0.15, -0.1) is 0 Å². The average molecular weight is 445 g/mol. The first-order chi connectivity index (χ1) is 14.5. The molecule has 1 aliphatic carbocycles. The third-order valence-electron chi connectivity index (χ3n) is 5.87. The summed E-state index contributed by atoms with van der Waals surface area (Å²) in [6.45, 7) is 5.32. The molecule has 31 heavy (non-hydrogen) atoms. The molecule has 0 N–H and O–H groups in total. The number of alkyl halides is 2. The Morgan fingerprint density at radius 1 is 0.968 bits per heavy atom. The van der Waals surface area contributed by atoms with Gasteiger partial charge in [-0.2, -0.15) is 8.78 Å². The van der Waals surface area contributed by atoms with E-state index in [4.69, 9.17) is 9.16 Å². The molecule has 3 rings (SSSR count). The lowest BCUT2D eigenvalue weighted by Crippen LogP contribution is -2.68. The van der Waals surface area contributed by atoms with Crippen molar-refractivity contribution >= 4 is 30.4 Å². The zero-order valence-corrected chi connectivity index (χ0v) is 19.0. The molecule has 0 saturated heterocycles. The maximum Gasteiger partial charge on any atom is 0.330 e. The Labute approximate surface area is 182 Å². The van der Waals surface area contributed by atoms with E-state index in [1.807, 2.05) is 81.4 Å². The molecule has 7 heteroatoms. The van der Waals surface area contributed by atoms with Crippen LogP contribution in [0.3, 0.4) is 0 Å². The molecule has 2 aromatic rings. The van der Waals surface area contributed by atoms with Crippen LogP contribution >= 0.6 is 0 Å². The fourth-order valence-corrected chi connectivity index (χ4v) is 8.81. The third-order valence-corrected chi connectivity index (χ3v) is 10.9. The second-order valence-corrected chi connectivity index (χ2v) is 13.0. The summed E-state index contributed by atoms with van der Waals surface area (Å²) in [7, 11) is -2.17. The van der Waals surface area contributed by atoms with E-state index in [2.05, 4.69) is 0 Å². The molecule has 0 fully saturated rings. The van der Waals surface area contributed by atoms with E-state index in [1.165, 1.54) is 0 Å². The number of hydrogen-bond donors (Lipinski definition) is 0. The minimum atomic E-state index is -3.95. The Kier molecular flexibility index (Phi) is 6.04. The van der Waals surface area contributed by atoms with Crippen LogP contribution in [0.15, 0.2) is 72.8 Å². The van der Waals surface area contributed by atoms with Crippen molar-refractivity contribution in [2.45, 2.75) is 31.7 Å². The first-order valence-corrected chi connectivity index (χ1v) is 11.9. The Hall–Kier alpha value is -2.64. The first-order valence-electron chi connectivity index (χ1n) is 9.98. The summed E-state index contributed by atoms with van der Waals surface area (Å²) in [6, 6.07) is 18.9. The monoisotopic (exact) mass is 444 g/mol. The van der Waals surface area contributed by atoms with Crippen molar-refractivity contribution in [3.05, 3.63) is 72.8 Å². The Balaban J connectivity index is 2.19. The fraction of sp³-hybridized carbons (Fsp3) is 0.333. The second kappa shape index (κ2) is 8.13. The number of benzene rings is 2. The quantitative estimate of drug-likeness (QED) is 0.506. The smallest absolute Gasteiger partial charge is 0.330 e. The van der Waals surface area contributed by atoms with Gasteiger partial charge in [0.2, 0.25) is 5.78 Å². The molecule has 1 aliphatic rings. The summed E-state index contributed by atoms with van der Waals surface area (Å²) in [4.78, 5) is 24.5. The molecule has 4 nitrogen and oxygen atoms in total. The Morgan fingerprint density at radius 3 is 1.81 bits per heavy atom. The second-order valence-electron chi connectivity index (χ2n) is 8.69. The molecular weight excluding hydrogens is 418 g/mol. The fourth-order valence-electron chi connectivity index (χ4n) is 4.21. The number of rotatable bonds is 6. The van der Waals surface area contributed by atoms with Crippen molar-refractivity contribution < 1.29 is 27.5 Å². The maximum absolute atomic E-state index is 15.0. The minimum Gasteiger partial charge on any atom is -0.468 e. The van der Waals surface area contributed by atoms with Crippen LogP contribution in [-0.4, -0.2) is 39.7 Å². The van der Waals surface area contributed by atoms with Gasteiger partial charge in [-0.05, 0) is 21.5 Å². The molecule has 2 aromatic carbocycles. The van der Waals surface area contributed by atoms with Crippen molar-refractivity contribution in [3.8, 4) is 0 Å². The molecule has 0 bridgehead atoms. The van der Waals surface area contributed by atoms with E-state index in [0.29, 0.717) is 0 Å². The van der Waals surface area contributed by atoms with Gasteiger partial charge in [0.15, 0.2) is 5.41 Å². The normalized spacial score (nSPS) is 20.6. The molecule has 164 valence electrons. The van der Waals surface area contributed by atoms with E-state index >= 15 is 0 Å². The van der Waals surface area contributed by atoms with Gasteiger partial charge >= 0.3 is 11.9 Å². The summed E-state index contributed by atoms with van der Waals surface area (Å²) >= 11 is 0. The average Bonchev–Trinajstić information content (AvgIpc) is 2.98. The molecule has 1 atom stereocenters. The number of allylic oxidation sites excluding steroid dienone is 1. The van der Waals surface area contributed by atoms with E-state index in [1.54, 1.807) is 0 Å². The Bertz CT molecular complexity index is 944. The van der Waals surface area contributed by atoms with E-state index < -0.39 is 43.1 Å². The van der Waals surface area contributed by atoms with Crippen LogP contribution in [0.25, 0.3) is 0 Å². The number of ketones is 1. The number of methoxy groups -OCH3 is 1. The highest BCUT2D eigenvalue weighted by Gasteiger charge is 2.67. The molecule has 0 radical (unpaired) electrons. The highest BCUT2D eigenvalue weighted by atomic mass is 28.4. The first kappa shape index (κ1) is 23.0. The van der Waals surface area contributed by atoms with E-state index in [9.17, 15) is 18.4 Å². The number of hydrogen-bond acceptors (Lipinski definition) is 4. The number of ether oxygens (including phenoxy) is 1. The molecule has 0 unspecified atom stereocenters. The summed E-state index contributed by atoms with van der Waals surface area (Å²) in [5.41, 5.74) is -2.51. The van der Waals surface area contributed by atoms with Crippen molar-refractivity contribution in [1.29, 1.82) is 0 Å². The maximum atomic E-state index is 15.0. The SMILES string of the molecule is COC(=O)[C@@]1(CO[Si](c2ccccc2)(c2ccccc2)C(C)(C)C)C=CC(=O)C1(F)F. The number of carbonyl (C=O) groups excluding carboxylic acids is 2. The zero-order chi connectivity index (χ0) is 22.9. The molecule has 0 heterocycles. The number of halogens is 2. The van der Waals surface area contributed by atoms with Gasteiger partial charge < -0.3 is 9.16 Å². The summed E-state index contributed by atoms with van der Waals surface area (Å²) < 4.78 is 41.2. The van der Waals surface area contributed by atoms with Crippen LogP contribution in [0.2, 0.25) is 5.04 Å².